The van der Waals surface area contributed by atoms with E-state index in [0.29, 0.717) is 42.8 Å². The number of anilines is 1. The van der Waals surface area contributed by atoms with Gasteiger partial charge in [0.1, 0.15) is 5.78 Å². The fraction of sp³-hybridized carbons (Fsp3) is 0.576. The number of Topliss-reactive ketones (excluding diaryl/α,β-unsaturated/α-hetero) is 1. The zero-order valence-corrected chi connectivity index (χ0v) is 26.2. The van der Waals surface area contributed by atoms with Gasteiger partial charge in [0.05, 0.1) is 12.0 Å². The van der Waals surface area contributed by atoms with Crippen LogP contribution in [0.3, 0.4) is 0 Å². The number of hydrogen-bond donors (Lipinski definition) is 2. The van der Waals surface area contributed by atoms with Crippen molar-refractivity contribution in [2.45, 2.75) is 89.1 Å². The maximum atomic E-state index is 16.1. The Balaban J connectivity index is 1.48. The van der Waals surface area contributed by atoms with Gasteiger partial charge in [0.15, 0.2) is 16.6 Å². The molecule has 1 saturated heterocycles. The highest BCUT2D eigenvalue weighted by molar-refractivity contribution is 6.31. The van der Waals surface area contributed by atoms with Gasteiger partial charge >= 0.3 is 5.97 Å². The first kappa shape index (κ1) is 30.5. The summed E-state index contributed by atoms with van der Waals surface area (Å²) in [6.45, 7) is 6.14. The van der Waals surface area contributed by atoms with Gasteiger partial charge in [-0.25, -0.2) is 14.2 Å². The molecule has 0 radical (unpaired) electrons. The molecule has 2 aliphatic heterocycles. The zero-order chi connectivity index (χ0) is 30.9. The van der Waals surface area contributed by atoms with Crippen molar-refractivity contribution < 1.29 is 28.6 Å². The lowest BCUT2D eigenvalue weighted by Crippen LogP contribution is -2.52. The number of aromatic nitrogens is 1. The largest absolute Gasteiger partial charge is 0.479 e. The third-order valence-electron chi connectivity index (χ3n) is 11.1. The lowest BCUT2D eigenvalue weighted by atomic mass is 9.51. The predicted octanol–water partition coefficient (Wildman–Crippen LogP) is 7.34. The molecule has 3 fully saturated rings. The number of aliphatic carboxylic acids is 1. The topological polar surface area (TPSA) is 106 Å². The average molecular weight is 632 g/mol. The van der Waals surface area contributed by atoms with Gasteiger partial charge in [0.2, 0.25) is 5.91 Å². The molecule has 3 heterocycles. The second-order valence-corrected chi connectivity index (χ2v) is 14.9. The second-order valence-electron chi connectivity index (χ2n) is 14.1. The number of rotatable bonds is 5. The lowest BCUT2D eigenvalue weighted by molar-refractivity contribution is -0.173. The molecular formula is C33H37Cl2FN2O5. The van der Waals surface area contributed by atoms with Gasteiger partial charge in [-0.1, -0.05) is 43.1 Å². The Morgan fingerprint density at radius 1 is 1.12 bits per heavy atom. The number of hydrogen-bond acceptors (Lipinski definition) is 5. The Bertz CT molecular complexity index is 1490. The van der Waals surface area contributed by atoms with Crippen LogP contribution in [-0.2, 0) is 24.5 Å². The van der Waals surface area contributed by atoms with Crippen LogP contribution < -0.4 is 5.32 Å². The van der Waals surface area contributed by atoms with Crippen LogP contribution in [-0.4, -0.2) is 40.0 Å². The third-order valence-corrected chi connectivity index (χ3v) is 11.6. The highest BCUT2D eigenvalue weighted by Gasteiger charge is 2.72. The van der Waals surface area contributed by atoms with Crippen LogP contribution in [0.25, 0.3) is 0 Å². The van der Waals surface area contributed by atoms with Crippen molar-refractivity contribution >= 4 is 46.5 Å². The number of carboxylic acids is 1. The Morgan fingerprint density at radius 3 is 2.49 bits per heavy atom. The number of carboxylic acid groups (broad SMARTS) is 1. The molecule has 2 N–H and O–H groups in total. The van der Waals surface area contributed by atoms with Crippen LogP contribution >= 0.6 is 23.2 Å². The van der Waals surface area contributed by atoms with E-state index >= 15 is 4.39 Å². The number of pyridine rings is 1. The number of nitrogens with one attached hydrogen (secondary N) is 1. The van der Waals surface area contributed by atoms with Crippen LogP contribution in [0.5, 0.6) is 0 Å². The summed E-state index contributed by atoms with van der Waals surface area (Å²) in [5, 5.41) is 12.8. The van der Waals surface area contributed by atoms with Gasteiger partial charge in [-0.15, -0.1) is 0 Å². The molecule has 7 nitrogen and oxygen atoms in total. The van der Waals surface area contributed by atoms with Crippen LogP contribution in [0, 0.1) is 28.5 Å². The Hall–Kier alpha value is -2.55. The molecule has 6 rings (SSSR count). The molecule has 1 unspecified atom stereocenters. The summed E-state index contributed by atoms with van der Waals surface area (Å²) in [6, 6.07) is 6.90. The minimum atomic E-state index is -1.28. The maximum Gasteiger partial charge on any atom is 0.335 e. The maximum absolute atomic E-state index is 16.1. The fourth-order valence-corrected chi connectivity index (χ4v) is 8.94. The molecule has 4 aliphatic rings. The predicted molar refractivity (Wildman–Crippen MR) is 161 cm³/mol. The molecule has 2 saturated carbocycles. The molecule has 1 aromatic heterocycles. The summed E-state index contributed by atoms with van der Waals surface area (Å²) in [5.74, 6) is -3.71. The number of halogens is 3. The molecule has 1 aromatic carbocycles. The van der Waals surface area contributed by atoms with E-state index in [1.165, 1.54) is 6.20 Å². The van der Waals surface area contributed by atoms with Crippen molar-refractivity contribution in [2.24, 2.45) is 22.7 Å². The third kappa shape index (κ3) is 4.70. The molecular weight excluding hydrogens is 594 g/mol. The smallest absolute Gasteiger partial charge is 0.335 e. The number of carbonyl (C=O) groups is 3. The van der Waals surface area contributed by atoms with Crippen LogP contribution in [0.2, 0.25) is 10.2 Å². The molecule has 5 atom stereocenters. The Labute approximate surface area is 260 Å². The van der Waals surface area contributed by atoms with Crippen molar-refractivity contribution in [2.75, 3.05) is 11.9 Å². The average Bonchev–Trinajstić information content (AvgIpc) is 3.41. The van der Waals surface area contributed by atoms with Gasteiger partial charge in [-0.3, -0.25) is 9.59 Å². The van der Waals surface area contributed by atoms with E-state index in [0.717, 1.165) is 18.4 Å². The van der Waals surface area contributed by atoms with E-state index in [9.17, 15) is 19.5 Å². The van der Waals surface area contributed by atoms with E-state index < -0.39 is 40.1 Å². The first-order chi connectivity index (χ1) is 20.2. The van der Waals surface area contributed by atoms with Gasteiger partial charge in [-0.05, 0) is 97.9 Å². The molecule has 2 spiro atoms. The quantitative estimate of drug-likeness (QED) is 0.335. The van der Waals surface area contributed by atoms with E-state index in [4.69, 9.17) is 27.9 Å². The van der Waals surface area contributed by atoms with Crippen LogP contribution in [0.1, 0.15) is 89.2 Å². The van der Waals surface area contributed by atoms with Crippen molar-refractivity contribution in [3.05, 3.63) is 57.6 Å². The Morgan fingerprint density at radius 2 is 1.84 bits per heavy atom. The molecule has 43 heavy (non-hydrogen) atoms. The normalized spacial score (nSPS) is 32.5. The number of carbonyl (C=O) groups excluding carboxylic acids is 2. The number of nitrogens with zero attached hydrogens (tertiary/aromatic N) is 1. The second kappa shape index (κ2) is 10.5. The zero-order valence-electron chi connectivity index (χ0n) is 24.6. The number of ketones is 1. The molecule has 2 aromatic rings. The van der Waals surface area contributed by atoms with Crippen molar-refractivity contribution in [3.63, 3.8) is 0 Å². The van der Waals surface area contributed by atoms with Crippen molar-refractivity contribution in [3.8, 4) is 0 Å². The summed E-state index contributed by atoms with van der Waals surface area (Å²) < 4.78 is 21.8. The van der Waals surface area contributed by atoms with Crippen LogP contribution in [0.15, 0.2) is 30.5 Å². The monoisotopic (exact) mass is 630 g/mol. The summed E-state index contributed by atoms with van der Waals surface area (Å²) in [7, 11) is 0. The standard InChI is InChI=1S/C33H37Cl2FN2O5/c1-30(2)9-11-32(12-10-30)16-21(24(39)14-18-6-8-31(3,29(41)42)43-17-18)25(20-7-13-37-27(35)26(20)36)33(32)22-5-4-19(34)15-23(22)38-28(33)40/h4-5,7,13,15,18,21,25H,6,8-12,14,16-17H2,1-3H3,(H,38,40)(H,41,42)/t18-,21-,25-,31?,33+/m0/s1. The van der Waals surface area contributed by atoms with E-state index in [-0.39, 0.29) is 46.8 Å². The minimum absolute atomic E-state index is 0.0684. The molecule has 2 aliphatic carbocycles. The highest BCUT2D eigenvalue weighted by atomic mass is 35.5. The van der Waals surface area contributed by atoms with Gasteiger partial charge in [-0.2, -0.15) is 0 Å². The highest BCUT2D eigenvalue weighted by Crippen LogP contribution is 2.72. The van der Waals surface area contributed by atoms with Gasteiger partial charge in [0, 0.05) is 35.2 Å². The summed E-state index contributed by atoms with van der Waals surface area (Å²) in [4.78, 5) is 44.7. The first-order valence-corrected chi connectivity index (χ1v) is 15.8. The number of amides is 1. The summed E-state index contributed by atoms with van der Waals surface area (Å²) in [5.41, 5.74) is -1.48. The number of benzene rings is 1. The van der Waals surface area contributed by atoms with Gasteiger partial charge in [0.25, 0.3) is 0 Å². The minimum Gasteiger partial charge on any atom is -0.479 e. The number of fused-ring (bicyclic) bond motifs is 3. The van der Waals surface area contributed by atoms with Crippen LogP contribution in [0.4, 0.5) is 10.1 Å². The fourth-order valence-electron chi connectivity index (χ4n) is 8.60. The Kier molecular flexibility index (Phi) is 7.46. The molecule has 10 heteroatoms. The first-order valence-electron chi connectivity index (χ1n) is 15.0. The number of ether oxygens (including phenoxy) is 1. The molecule has 230 valence electrons. The summed E-state index contributed by atoms with van der Waals surface area (Å²) in [6.07, 6.45) is 5.98. The SMILES string of the molecule is CC1(C)CCC2(CC1)C[C@@H](C(=O)C[C@@H]1CCC(C)(C(=O)O)OC1)[C@H](c1ccnc(Cl)c1F)[C@]21C(=O)Nc2cc(Cl)ccc21. The van der Waals surface area contributed by atoms with Crippen molar-refractivity contribution in [1.29, 1.82) is 0 Å². The van der Waals surface area contributed by atoms with E-state index in [1.807, 2.05) is 6.07 Å². The molecule has 0 bridgehead atoms. The van der Waals surface area contributed by atoms with Crippen molar-refractivity contribution in [1.82, 2.24) is 4.98 Å². The summed E-state index contributed by atoms with van der Waals surface area (Å²) >= 11 is 12.6. The van der Waals surface area contributed by atoms with Gasteiger partial charge < -0.3 is 15.2 Å². The molecule has 1 amide bonds. The van der Waals surface area contributed by atoms with E-state index in [1.54, 1.807) is 25.1 Å². The lowest BCUT2D eigenvalue weighted by Gasteiger charge is -2.51. The van der Waals surface area contributed by atoms with E-state index in [2.05, 4.69) is 24.1 Å².